The van der Waals surface area contributed by atoms with E-state index < -0.39 is 5.82 Å². The van der Waals surface area contributed by atoms with Gasteiger partial charge in [0.1, 0.15) is 5.82 Å². The number of carbonyl (C=O) groups is 1. The Kier molecular flexibility index (Phi) is 4.69. The van der Waals surface area contributed by atoms with Gasteiger partial charge in [-0.15, -0.1) is 11.6 Å². The molecule has 2 atom stereocenters. The number of amides is 1. The van der Waals surface area contributed by atoms with E-state index in [1.54, 1.807) is 11.9 Å². The number of hydrogen-bond donors (Lipinski definition) is 0. The lowest BCUT2D eigenvalue weighted by atomic mass is 9.93. The van der Waals surface area contributed by atoms with E-state index in [4.69, 9.17) is 23.2 Å². The van der Waals surface area contributed by atoms with Crippen molar-refractivity contribution in [2.75, 3.05) is 7.05 Å². The van der Waals surface area contributed by atoms with Crippen molar-refractivity contribution in [3.05, 3.63) is 34.6 Å². The molecule has 1 amide bonds. The highest BCUT2D eigenvalue weighted by molar-refractivity contribution is 6.30. The molecular weight excluding hydrogens is 288 g/mol. The second kappa shape index (κ2) is 6.10. The fourth-order valence-corrected chi connectivity index (χ4v) is 3.05. The Hall–Kier alpha value is -0.800. The van der Waals surface area contributed by atoms with Gasteiger partial charge >= 0.3 is 0 Å². The Labute approximate surface area is 122 Å². The van der Waals surface area contributed by atoms with Crippen LogP contribution in [0.4, 0.5) is 4.39 Å². The fraction of sp³-hybridized carbons (Fsp3) is 0.500. The fourth-order valence-electron chi connectivity index (χ4n) is 2.49. The van der Waals surface area contributed by atoms with Crippen LogP contribution in [-0.4, -0.2) is 29.3 Å². The number of rotatable bonds is 2. The number of halogens is 3. The van der Waals surface area contributed by atoms with Crippen LogP contribution in [0.1, 0.15) is 36.0 Å². The lowest BCUT2D eigenvalue weighted by Gasteiger charge is -2.35. The van der Waals surface area contributed by atoms with Crippen LogP contribution in [-0.2, 0) is 0 Å². The molecule has 1 fully saturated rings. The van der Waals surface area contributed by atoms with Crippen LogP contribution >= 0.6 is 23.2 Å². The molecule has 0 saturated heterocycles. The van der Waals surface area contributed by atoms with Crippen molar-refractivity contribution in [1.82, 2.24) is 4.90 Å². The van der Waals surface area contributed by atoms with Crippen LogP contribution in [0.5, 0.6) is 0 Å². The second-order valence-electron chi connectivity index (χ2n) is 4.91. The summed E-state index contributed by atoms with van der Waals surface area (Å²) >= 11 is 11.9. The highest BCUT2D eigenvalue weighted by atomic mass is 35.5. The van der Waals surface area contributed by atoms with E-state index in [2.05, 4.69) is 0 Å². The molecule has 1 aromatic rings. The molecule has 1 aromatic carbocycles. The maximum atomic E-state index is 13.4. The quantitative estimate of drug-likeness (QED) is 0.753. The number of benzene rings is 1. The van der Waals surface area contributed by atoms with Gasteiger partial charge in [0.2, 0.25) is 0 Å². The van der Waals surface area contributed by atoms with Crippen LogP contribution in [0.15, 0.2) is 18.2 Å². The molecule has 0 spiro atoms. The second-order valence-corrected chi connectivity index (χ2v) is 5.88. The van der Waals surface area contributed by atoms with Gasteiger partial charge in [-0.25, -0.2) is 4.39 Å². The van der Waals surface area contributed by atoms with E-state index in [1.165, 1.54) is 18.2 Å². The lowest BCUT2D eigenvalue weighted by molar-refractivity contribution is 0.0700. The molecule has 0 aromatic heterocycles. The first-order valence-electron chi connectivity index (χ1n) is 6.37. The molecule has 1 aliphatic rings. The van der Waals surface area contributed by atoms with E-state index in [0.29, 0.717) is 5.56 Å². The summed E-state index contributed by atoms with van der Waals surface area (Å²) in [5.74, 6) is -0.792. The zero-order valence-electron chi connectivity index (χ0n) is 10.7. The van der Waals surface area contributed by atoms with Gasteiger partial charge in [-0.1, -0.05) is 24.4 Å². The van der Waals surface area contributed by atoms with Gasteiger partial charge in [0.05, 0.1) is 10.4 Å². The van der Waals surface area contributed by atoms with Gasteiger partial charge in [-0.05, 0) is 31.0 Å². The molecule has 0 bridgehead atoms. The summed E-state index contributed by atoms with van der Waals surface area (Å²) in [6.45, 7) is 0. The average molecular weight is 304 g/mol. The van der Waals surface area contributed by atoms with Crippen molar-refractivity contribution in [3.8, 4) is 0 Å². The average Bonchev–Trinajstić information content (AvgIpc) is 2.41. The summed E-state index contributed by atoms with van der Waals surface area (Å²) in [7, 11) is 1.72. The first kappa shape index (κ1) is 14.6. The van der Waals surface area contributed by atoms with E-state index in [1.807, 2.05) is 0 Å². The van der Waals surface area contributed by atoms with E-state index in [0.717, 1.165) is 25.7 Å². The van der Waals surface area contributed by atoms with E-state index in [-0.39, 0.29) is 22.3 Å². The van der Waals surface area contributed by atoms with E-state index >= 15 is 0 Å². The minimum atomic E-state index is -0.577. The van der Waals surface area contributed by atoms with Crippen LogP contribution in [0.25, 0.3) is 0 Å². The normalized spacial score (nSPS) is 23.2. The SMILES string of the molecule is CN(C(=O)c1ccc(Cl)c(F)c1)C1CCCCC1Cl. The molecule has 0 aliphatic heterocycles. The highest BCUT2D eigenvalue weighted by Gasteiger charge is 2.30. The standard InChI is InChI=1S/C14H16Cl2FNO/c1-18(13-5-3-2-4-11(13)16)14(19)9-6-7-10(15)12(17)8-9/h6-8,11,13H,2-5H2,1H3. The molecule has 1 saturated carbocycles. The maximum absolute atomic E-state index is 13.4. The van der Waals surface area contributed by atoms with Crippen molar-refractivity contribution < 1.29 is 9.18 Å². The third-order valence-corrected chi connectivity index (χ3v) is 4.45. The highest BCUT2D eigenvalue weighted by Crippen LogP contribution is 2.27. The Bertz CT molecular complexity index is 481. The number of carbonyl (C=O) groups excluding carboxylic acids is 1. The molecule has 0 heterocycles. The van der Waals surface area contributed by atoms with E-state index in [9.17, 15) is 9.18 Å². The largest absolute Gasteiger partial charge is 0.337 e. The lowest BCUT2D eigenvalue weighted by Crippen LogP contribution is -2.44. The molecule has 104 valence electrons. The van der Waals surface area contributed by atoms with Crippen molar-refractivity contribution >= 4 is 29.1 Å². The minimum Gasteiger partial charge on any atom is -0.337 e. The molecule has 1 aliphatic carbocycles. The minimum absolute atomic E-state index is 0.0154. The van der Waals surface area contributed by atoms with Crippen molar-refractivity contribution in [2.24, 2.45) is 0 Å². The topological polar surface area (TPSA) is 20.3 Å². The maximum Gasteiger partial charge on any atom is 0.253 e. The molecule has 0 radical (unpaired) electrons. The molecule has 2 unspecified atom stereocenters. The molecule has 2 rings (SSSR count). The first-order chi connectivity index (χ1) is 9.00. The number of nitrogens with zero attached hydrogens (tertiary/aromatic N) is 1. The Morgan fingerprint density at radius 3 is 2.68 bits per heavy atom. The van der Waals surface area contributed by atoms with Crippen molar-refractivity contribution in [2.45, 2.75) is 37.1 Å². The first-order valence-corrected chi connectivity index (χ1v) is 7.18. The predicted octanol–water partition coefficient (Wildman–Crippen LogP) is 4.10. The third-order valence-electron chi connectivity index (χ3n) is 3.63. The predicted molar refractivity (Wildman–Crippen MR) is 75.4 cm³/mol. The molecule has 0 N–H and O–H groups in total. The van der Waals surface area contributed by atoms with Gasteiger partial charge in [0.15, 0.2) is 0 Å². The van der Waals surface area contributed by atoms with Gasteiger partial charge in [0, 0.05) is 18.7 Å². The smallest absolute Gasteiger partial charge is 0.253 e. The summed E-state index contributed by atoms with van der Waals surface area (Å²) in [5.41, 5.74) is 0.304. The number of hydrogen-bond acceptors (Lipinski definition) is 1. The van der Waals surface area contributed by atoms with Gasteiger partial charge in [-0.2, -0.15) is 0 Å². The molecule has 2 nitrogen and oxygen atoms in total. The number of alkyl halides is 1. The van der Waals surface area contributed by atoms with Crippen molar-refractivity contribution in [1.29, 1.82) is 0 Å². The zero-order chi connectivity index (χ0) is 14.0. The van der Waals surface area contributed by atoms with Gasteiger partial charge in [0.25, 0.3) is 5.91 Å². The Balaban J connectivity index is 2.15. The summed E-state index contributed by atoms with van der Waals surface area (Å²) < 4.78 is 13.4. The van der Waals surface area contributed by atoms with Gasteiger partial charge in [-0.3, -0.25) is 4.79 Å². The third kappa shape index (κ3) is 3.21. The summed E-state index contributed by atoms with van der Waals surface area (Å²) in [5, 5.41) is -0.00747. The summed E-state index contributed by atoms with van der Waals surface area (Å²) in [6, 6.07) is 4.13. The molecule has 5 heteroatoms. The zero-order valence-corrected chi connectivity index (χ0v) is 12.2. The summed E-state index contributed by atoms with van der Waals surface area (Å²) in [6.07, 6.45) is 3.98. The van der Waals surface area contributed by atoms with Crippen LogP contribution in [0, 0.1) is 5.82 Å². The Morgan fingerprint density at radius 2 is 2.05 bits per heavy atom. The van der Waals surface area contributed by atoms with Crippen molar-refractivity contribution in [3.63, 3.8) is 0 Å². The molecule has 19 heavy (non-hydrogen) atoms. The van der Waals surface area contributed by atoms with Crippen LogP contribution in [0.2, 0.25) is 5.02 Å². The van der Waals surface area contributed by atoms with Crippen LogP contribution < -0.4 is 0 Å². The molecular formula is C14H16Cl2FNO. The monoisotopic (exact) mass is 303 g/mol. The van der Waals surface area contributed by atoms with Gasteiger partial charge < -0.3 is 4.90 Å². The summed E-state index contributed by atoms with van der Waals surface area (Å²) in [4.78, 5) is 13.9. The van der Waals surface area contributed by atoms with Crippen LogP contribution in [0.3, 0.4) is 0 Å². The Morgan fingerprint density at radius 1 is 1.37 bits per heavy atom.